The first kappa shape index (κ1) is 17.5. The van der Waals surface area contributed by atoms with Crippen molar-refractivity contribution in [3.8, 4) is 11.4 Å². The van der Waals surface area contributed by atoms with Crippen molar-refractivity contribution in [3.63, 3.8) is 0 Å². The van der Waals surface area contributed by atoms with Gasteiger partial charge in [-0.15, -0.1) is 0 Å². The summed E-state index contributed by atoms with van der Waals surface area (Å²) >= 11 is 0. The summed E-state index contributed by atoms with van der Waals surface area (Å²) in [7, 11) is 0. The van der Waals surface area contributed by atoms with Crippen molar-refractivity contribution in [2.75, 3.05) is 0 Å². The third kappa shape index (κ3) is 2.07. The summed E-state index contributed by atoms with van der Waals surface area (Å²) in [5, 5.41) is 2.35. The average Bonchev–Trinajstić information content (AvgIpc) is 3.39. The molecular formula is C27H25N2O+. The number of hydrogen-bond donors (Lipinski definition) is 0. The number of imidazole rings is 1. The van der Waals surface area contributed by atoms with Crippen LogP contribution in [0.1, 0.15) is 44.8 Å². The van der Waals surface area contributed by atoms with Gasteiger partial charge in [0.2, 0.25) is 0 Å². The van der Waals surface area contributed by atoms with Gasteiger partial charge in [-0.25, -0.2) is 9.13 Å². The molecule has 0 spiro atoms. The van der Waals surface area contributed by atoms with Crippen LogP contribution >= 0.6 is 0 Å². The minimum atomic E-state index is 0.127. The molecular weight excluding hydrogens is 368 g/mol. The van der Waals surface area contributed by atoms with E-state index in [1.54, 1.807) is 0 Å². The van der Waals surface area contributed by atoms with E-state index in [0.717, 1.165) is 17.6 Å². The Labute approximate surface area is 175 Å². The van der Waals surface area contributed by atoms with Crippen molar-refractivity contribution >= 4 is 33.0 Å². The summed E-state index contributed by atoms with van der Waals surface area (Å²) < 4.78 is 11.4. The number of rotatable bonds is 3. The molecule has 1 unspecified atom stereocenters. The highest BCUT2D eigenvalue weighted by atomic mass is 16.3. The molecule has 0 saturated heterocycles. The molecule has 0 N–H and O–H groups in total. The number of allylic oxidation sites excluding steroid dienone is 1. The van der Waals surface area contributed by atoms with Gasteiger partial charge in [0.25, 0.3) is 5.82 Å². The lowest BCUT2D eigenvalue weighted by molar-refractivity contribution is -0.664. The zero-order valence-electron chi connectivity index (χ0n) is 17.6. The van der Waals surface area contributed by atoms with Crippen LogP contribution in [0.25, 0.3) is 44.4 Å². The quantitative estimate of drug-likeness (QED) is 0.240. The lowest BCUT2D eigenvalue weighted by Gasteiger charge is -2.12. The lowest BCUT2D eigenvalue weighted by Crippen LogP contribution is -2.38. The van der Waals surface area contributed by atoms with E-state index in [0.29, 0.717) is 6.04 Å². The molecule has 0 fully saturated rings. The molecule has 3 heteroatoms. The number of benzene rings is 3. The summed E-state index contributed by atoms with van der Waals surface area (Å²) in [4.78, 5) is 0. The van der Waals surface area contributed by atoms with Crippen LogP contribution in [0.5, 0.6) is 0 Å². The highest BCUT2D eigenvalue weighted by molar-refractivity contribution is 6.10. The first-order chi connectivity index (χ1) is 14.6. The van der Waals surface area contributed by atoms with E-state index in [2.05, 4.69) is 91.1 Å². The van der Waals surface area contributed by atoms with Crippen LogP contribution < -0.4 is 4.57 Å². The van der Waals surface area contributed by atoms with Crippen LogP contribution in [-0.2, 0) is 0 Å². The molecule has 148 valence electrons. The first-order valence-corrected chi connectivity index (χ1v) is 10.8. The summed E-state index contributed by atoms with van der Waals surface area (Å²) in [5.41, 5.74) is 8.17. The number of fused-ring (bicyclic) bond motifs is 9. The van der Waals surface area contributed by atoms with Gasteiger partial charge in [-0.3, -0.25) is 0 Å². The molecule has 5 aromatic rings. The molecule has 3 nitrogen and oxygen atoms in total. The molecule has 2 aromatic heterocycles. The molecule has 3 aromatic carbocycles. The van der Waals surface area contributed by atoms with E-state index in [1.165, 1.54) is 44.3 Å². The summed E-state index contributed by atoms with van der Waals surface area (Å²) in [6, 6.07) is 22.0. The van der Waals surface area contributed by atoms with Crippen molar-refractivity contribution in [2.45, 2.75) is 39.3 Å². The van der Waals surface area contributed by atoms with E-state index in [1.807, 2.05) is 6.07 Å². The number of hydrogen-bond acceptors (Lipinski definition) is 1. The molecule has 1 aliphatic rings. The zero-order valence-corrected chi connectivity index (χ0v) is 17.6. The van der Waals surface area contributed by atoms with Crippen molar-refractivity contribution in [2.24, 2.45) is 0 Å². The van der Waals surface area contributed by atoms with Gasteiger partial charge in [0.15, 0.2) is 16.6 Å². The minimum absolute atomic E-state index is 0.127. The summed E-state index contributed by atoms with van der Waals surface area (Å²) in [6.45, 7) is 11.2. The number of furan rings is 1. The predicted octanol–water partition coefficient (Wildman–Crippen LogP) is 6.95. The second-order valence-electron chi connectivity index (χ2n) is 8.57. The number of nitrogens with zero attached hydrogens (tertiary/aromatic N) is 2. The van der Waals surface area contributed by atoms with Crippen LogP contribution in [0.2, 0.25) is 0 Å². The fourth-order valence-electron chi connectivity index (χ4n) is 5.24. The van der Waals surface area contributed by atoms with Crippen LogP contribution in [0.3, 0.4) is 0 Å². The third-order valence-corrected chi connectivity index (χ3v) is 6.57. The first-order valence-electron chi connectivity index (χ1n) is 10.8. The monoisotopic (exact) mass is 393 g/mol. The molecule has 3 heterocycles. The molecule has 1 aliphatic heterocycles. The van der Waals surface area contributed by atoms with Crippen LogP contribution in [-0.4, -0.2) is 4.57 Å². The van der Waals surface area contributed by atoms with Gasteiger partial charge in [-0.1, -0.05) is 49.9 Å². The molecule has 0 bridgehead atoms. The Morgan fingerprint density at radius 3 is 2.60 bits per heavy atom. The molecule has 0 radical (unpaired) electrons. The molecule has 6 rings (SSSR count). The molecule has 30 heavy (non-hydrogen) atoms. The Morgan fingerprint density at radius 2 is 1.80 bits per heavy atom. The van der Waals surface area contributed by atoms with Gasteiger partial charge in [0, 0.05) is 16.3 Å². The maximum Gasteiger partial charge on any atom is 0.295 e. The fraction of sp³-hybridized carbons (Fsp3) is 0.222. The second kappa shape index (κ2) is 6.09. The normalized spacial score (nSPS) is 15.4. The smallest absolute Gasteiger partial charge is 0.295 e. The largest absolute Gasteiger partial charge is 0.455 e. The zero-order chi connectivity index (χ0) is 20.6. The van der Waals surface area contributed by atoms with Gasteiger partial charge in [-0.05, 0) is 50.1 Å². The van der Waals surface area contributed by atoms with E-state index < -0.39 is 0 Å². The van der Waals surface area contributed by atoms with Crippen molar-refractivity contribution in [1.82, 2.24) is 4.57 Å². The highest BCUT2D eigenvalue weighted by Gasteiger charge is 2.44. The molecule has 0 saturated carbocycles. The number of para-hydroxylation sites is 3. The van der Waals surface area contributed by atoms with Gasteiger partial charge in [0.05, 0.1) is 6.04 Å². The summed E-state index contributed by atoms with van der Waals surface area (Å²) in [5.74, 6) is 1.23. The molecule has 0 amide bonds. The fourth-order valence-corrected chi connectivity index (χ4v) is 5.24. The second-order valence-corrected chi connectivity index (χ2v) is 8.57. The number of aromatic nitrogens is 2. The minimum Gasteiger partial charge on any atom is -0.455 e. The van der Waals surface area contributed by atoms with Crippen molar-refractivity contribution in [3.05, 3.63) is 78.4 Å². The Balaban J connectivity index is 1.84. The summed E-state index contributed by atoms with van der Waals surface area (Å²) in [6.07, 6.45) is 0.940. The maximum absolute atomic E-state index is 6.49. The van der Waals surface area contributed by atoms with Crippen molar-refractivity contribution < 1.29 is 8.98 Å². The van der Waals surface area contributed by atoms with Crippen molar-refractivity contribution in [1.29, 1.82) is 0 Å². The van der Waals surface area contributed by atoms with Crippen LogP contribution in [0, 0.1) is 0 Å². The topological polar surface area (TPSA) is 21.9 Å². The Hall–Kier alpha value is -3.33. The van der Waals surface area contributed by atoms with Gasteiger partial charge >= 0.3 is 0 Å². The SMILES string of the molecule is C=C(CC)C1c2ccc3c(oc4ccccc43)c2-c2n(C(C)C)c3ccccc3[n+]21. The Bertz CT molecular complexity index is 1480. The molecule has 1 atom stereocenters. The molecule has 0 aliphatic carbocycles. The predicted molar refractivity (Wildman–Crippen MR) is 123 cm³/mol. The Morgan fingerprint density at radius 1 is 1.03 bits per heavy atom. The average molecular weight is 394 g/mol. The van der Waals surface area contributed by atoms with Gasteiger partial charge in [0.1, 0.15) is 17.2 Å². The maximum atomic E-state index is 6.49. The van der Waals surface area contributed by atoms with E-state index >= 15 is 0 Å². The standard InChI is InChI=1S/C27H25N2O/c1-5-17(4)25-20-15-14-19-18-10-6-9-13-23(18)30-26(19)24(20)27-28(16(2)3)21-11-7-8-12-22(21)29(25)27/h6-16,25H,4-5H2,1-3H3/q+1. The van der Waals surface area contributed by atoms with Gasteiger partial charge < -0.3 is 4.42 Å². The highest BCUT2D eigenvalue weighted by Crippen LogP contribution is 2.47. The Kier molecular flexibility index (Phi) is 3.55. The van der Waals surface area contributed by atoms with Crippen LogP contribution in [0.4, 0.5) is 0 Å². The van der Waals surface area contributed by atoms with E-state index in [4.69, 9.17) is 4.42 Å². The lowest BCUT2D eigenvalue weighted by atomic mass is 9.95. The third-order valence-electron chi connectivity index (χ3n) is 6.57. The van der Waals surface area contributed by atoms with Gasteiger partial charge in [-0.2, -0.15) is 0 Å². The van der Waals surface area contributed by atoms with Crippen LogP contribution in [0.15, 0.2) is 77.2 Å². The van der Waals surface area contributed by atoms with E-state index in [-0.39, 0.29) is 6.04 Å². The van der Waals surface area contributed by atoms with E-state index in [9.17, 15) is 0 Å².